The summed E-state index contributed by atoms with van der Waals surface area (Å²) < 4.78 is 20.5. The van der Waals surface area contributed by atoms with E-state index in [0.717, 1.165) is 45.5 Å². The summed E-state index contributed by atoms with van der Waals surface area (Å²) in [4.78, 5) is 14.7. The van der Waals surface area contributed by atoms with E-state index in [-0.39, 0.29) is 0 Å². The topological polar surface area (TPSA) is 95.9 Å². The monoisotopic (exact) mass is 441 g/mol. The van der Waals surface area contributed by atoms with E-state index in [0.29, 0.717) is 28.2 Å². The molecule has 1 aliphatic carbocycles. The molecule has 0 aromatic carbocycles. The van der Waals surface area contributed by atoms with Gasteiger partial charge in [-0.15, -0.1) is 11.3 Å². The van der Waals surface area contributed by atoms with Crippen LogP contribution in [0.25, 0.3) is 32.6 Å². The summed E-state index contributed by atoms with van der Waals surface area (Å²) >= 11 is 1.43. The Morgan fingerprint density at radius 3 is 2.90 bits per heavy atom. The number of imidazole rings is 1. The van der Waals surface area contributed by atoms with Crippen molar-refractivity contribution in [3.05, 3.63) is 30.2 Å². The first-order valence-corrected chi connectivity index (χ1v) is 12.1. The van der Waals surface area contributed by atoms with Crippen LogP contribution in [-0.2, 0) is 22.6 Å². The van der Waals surface area contributed by atoms with Crippen LogP contribution in [0.5, 0.6) is 0 Å². The third kappa shape index (κ3) is 3.21. The van der Waals surface area contributed by atoms with E-state index in [1.165, 1.54) is 23.3 Å². The SMILES string of the molecule is COCCS(=O)c1sc2nc(-c3cnc4c(c3)ncn4C)cc(C3CCC3)c2c1N. The number of nitrogens with zero attached hydrogens (tertiary/aromatic N) is 4. The van der Waals surface area contributed by atoms with E-state index in [1.54, 1.807) is 13.4 Å². The van der Waals surface area contributed by atoms with Gasteiger partial charge in [0.05, 0.1) is 40.9 Å². The Hall–Kier alpha value is -2.36. The number of aryl methyl sites for hydroxylation is 1. The molecule has 156 valence electrons. The van der Waals surface area contributed by atoms with Crippen molar-refractivity contribution >= 4 is 49.2 Å². The van der Waals surface area contributed by atoms with Gasteiger partial charge in [-0.2, -0.15) is 0 Å². The molecule has 0 saturated heterocycles. The number of hydrogen-bond donors (Lipinski definition) is 1. The first kappa shape index (κ1) is 19.6. The standard InChI is InChI=1S/C21H23N5O2S2/c1-26-11-24-16-8-13(10-23-19(16)26)15-9-14(12-4-3-5-12)17-18(22)21(29-20(17)25-15)30(27)7-6-28-2/h8-12H,3-7,22H2,1-2H3. The van der Waals surface area contributed by atoms with E-state index < -0.39 is 10.8 Å². The molecule has 30 heavy (non-hydrogen) atoms. The number of hydrogen-bond acceptors (Lipinski definition) is 7. The highest BCUT2D eigenvalue weighted by molar-refractivity contribution is 7.87. The minimum atomic E-state index is -1.20. The number of rotatable bonds is 6. The number of aromatic nitrogens is 4. The third-order valence-corrected chi connectivity index (χ3v) is 8.64. The smallest absolute Gasteiger partial charge is 0.159 e. The van der Waals surface area contributed by atoms with E-state index in [2.05, 4.69) is 16.0 Å². The van der Waals surface area contributed by atoms with Crippen LogP contribution in [0.1, 0.15) is 30.7 Å². The van der Waals surface area contributed by atoms with E-state index in [1.807, 2.05) is 23.9 Å². The number of thiophene rings is 1. The summed E-state index contributed by atoms with van der Waals surface area (Å²) in [5.74, 6) is 0.900. The van der Waals surface area contributed by atoms with Crippen LogP contribution in [0, 0.1) is 0 Å². The molecule has 0 aliphatic heterocycles. The van der Waals surface area contributed by atoms with E-state index in [4.69, 9.17) is 15.5 Å². The predicted octanol–water partition coefficient (Wildman–Crippen LogP) is 3.85. The second-order valence-electron chi connectivity index (χ2n) is 7.67. The first-order chi connectivity index (χ1) is 14.6. The summed E-state index contributed by atoms with van der Waals surface area (Å²) in [6.07, 6.45) is 7.12. The molecule has 1 unspecified atom stereocenters. The first-order valence-electron chi connectivity index (χ1n) is 9.94. The normalized spacial score (nSPS) is 15.7. The molecule has 5 rings (SSSR count). The lowest BCUT2D eigenvalue weighted by molar-refractivity contribution is 0.218. The van der Waals surface area contributed by atoms with Gasteiger partial charge in [-0.1, -0.05) is 6.42 Å². The molecule has 1 aliphatic rings. The Morgan fingerprint density at radius 1 is 1.33 bits per heavy atom. The second-order valence-corrected chi connectivity index (χ2v) is 10.4. The van der Waals surface area contributed by atoms with Crippen LogP contribution < -0.4 is 5.73 Å². The zero-order valence-corrected chi connectivity index (χ0v) is 18.6. The summed E-state index contributed by atoms with van der Waals surface area (Å²) in [5.41, 5.74) is 11.8. The van der Waals surface area contributed by atoms with Crippen LogP contribution in [-0.4, -0.2) is 43.2 Å². The van der Waals surface area contributed by atoms with Gasteiger partial charge in [0.1, 0.15) is 14.6 Å². The van der Waals surface area contributed by atoms with Crippen LogP contribution in [0.15, 0.2) is 28.9 Å². The molecule has 4 aromatic rings. The molecule has 2 N–H and O–H groups in total. The average Bonchev–Trinajstić information content (AvgIpc) is 3.24. The maximum atomic E-state index is 12.8. The molecule has 9 heteroatoms. The van der Waals surface area contributed by atoms with Crippen LogP contribution in [0.3, 0.4) is 0 Å². The lowest BCUT2D eigenvalue weighted by Gasteiger charge is -2.27. The van der Waals surface area contributed by atoms with Crippen molar-refractivity contribution in [2.75, 3.05) is 25.2 Å². The van der Waals surface area contributed by atoms with Crippen molar-refractivity contribution in [2.24, 2.45) is 7.05 Å². The lowest BCUT2D eigenvalue weighted by Crippen LogP contribution is -2.10. The lowest BCUT2D eigenvalue weighted by atomic mass is 9.79. The number of nitrogen functional groups attached to an aromatic ring is 1. The van der Waals surface area contributed by atoms with Gasteiger partial charge < -0.3 is 15.0 Å². The van der Waals surface area contributed by atoms with E-state index >= 15 is 0 Å². The molecular formula is C21H23N5O2S2. The van der Waals surface area contributed by atoms with Crippen LogP contribution >= 0.6 is 11.3 Å². The zero-order valence-electron chi connectivity index (χ0n) is 16.9. The zero-order chi connectivity index (χ0) is 20.8. The van der Waals surface area contributed by atoms with Gasteiger partial charge in [0.2, 0.25) is 0 Å². The van der Waals surface area contributed by atoms with Gasteiger partial charge in [0.25, 0.3) is 0 Å². The van der Waals surface area contributed by atoms with Gasteiger partial charge in [-0.3, -0.25) is 4.21 Å². The fourth-order valence-corrected chi connectivity index (χ4v) is 6.47. The van der Waals surface area contributed by atoms with Crippen molar-refractivity contribution in [3.63, 3.8) is 0 Å². The fraction of sp³-hybridized carbons (Fsp3) is 0.381. The quantitative estimate of drug-likeness (QED) is 0.488. The summed E-state index contributed by atoms with van der Waals surface area (Å²) in [5, 5.41) is 0.973. The predicted molar refractivity (Wildman–Crippen MR) is 121 cm³/mol. The number of nitrogens with two attached hydrogens (primary N) is 1. The number of fused-ring (bicyclic) bond motifs is 2. The Bertz CT molecular complexity index is 1280. The van der Waals surface area contributed by atoms with Crippen molar-refractivity contribution in [2.45, 2.75) is 29.4 Å². The van der Waals surface area contributed by atoms with Crippen LogP contribution in [0.2, 0.25) is 0 Å². The van der Waals surface area contributed by atoms with Gasteiger partial charge in [-0.05, 0) is 36.5 Å². The van der Waals surface area contributed by atoms with Gasteiger partial charge in [0, 0.05) is 31.3 Å². The third-order valence-electron chi connectivity index (χ3n) is 5.77. The highest BCUT2D eigenvalue weighted by atomic mass is 32.2. The number of anilines is 1. The molecule has 4 aromatic heterocycles. The molecule has 4 heterocycles. The molecule has 1 atom stereocenters. The molecule has 0 radical (unpaired) electrons. The molecular weight excluding hydrogens is 418 g/mol. The number of pyridine rings is 2. The number of ether oxygens (including phenoxy) is 1. The van der Waals surface area contributed by atoms with Crippen molar-refractivity contribution < 1.29 is 8.95 Å². The number of methoxy groups -OCH3 is 1. The molecule has 1 saturated carbocycles. The molecule has 0 bridgehead atoms. The molecule has 1 fully saturated rings. The maximum absolute atomic E-state index is 12.8. The molecule has 7 nitrogen and oxygen atoms in total. The largest absolute Gasteiger partial charge is 0.396 e. The van der Waals surface area contributed by atoms with E-state index in [9.17, 15) is 4.21 Å². The maximum Gasteiger partial charge on any atom is 0.159 e. The molecule has 0 spiro atoms. The minimum absolute atomic E-state index is 0.430. The fourth-order valence-electron chi connectivity index (χ4n) is 3.90. The Labute approximate surface area is 180 Å². The highest BCUT2D eigenvalue weighted by Crippen LogP contribution is 2.46. The second kappa shape index (κ2) is 7.72. The average molecular weight is 442 g/mol. The Balaban J connectivity index is 1.66. The van der Waals surface area contributed by atoms with Crippen molar-refractivity contribution in [1.29, 1.82) is 0 Å². The van der Waals surface area contributed by atoms with Gasteiger partial charge in [0.15, 0.2) is 5.65 Å². The Morgan fingerprint density at radius 2 is 2.17 bits per heavy atom. The summed E-state index contributed by atoms with van der Waals surface area (Å²) in [7, 11) is 2.35. The Kier molecular flexibility index (Phi) is 5.04. The summed E-state index contributed by atoms with van der Waals surface area (Å²) in [6.45, 7) is 0.435. The van der Waals surface area contributed by atoms with Crippen molar-refractivity contribution in [3.8, 4) is 11.3 Å². The summed E-state index contributed by atoms with van der Waals surface area (Å²) in [6, 6.07) is 4.17. The van der Waals surface area contributed by atoms with Crippen molar-refractivity contribution in [1.82, 2.24) is 19.5 Å². The minimum Gasteiger partial charge on any atom is -0.396 e. The highest BCUT2D eigenvalue weighted by Gasteiger charge is 2.27. The van der Waals surface area contributed by atoms with Crippen LogP contribution in [0.4, 0.5) is 5.69 Å². The molecule has 0 amide bonds. The van der Waals surface area contributed by atoms with Gasteiger partial charge >= 0.3 is 0 Å². The van der Waals surface area contributed by atoms with Gasteiger partial charge in [-0.25, -0.2) is 15.0 Å².